The fourth-order valence-corrected chi connectivity index (χ4v) is 3.24. The van der Waals surface area contributed by atoms with Gasteiger partial charge in [0.1, 0.15) is 0 Å². The van der Waals surface area contributed by atoms with E-state index in [-0.39, 0.29) is 17.9 Å². The average molecular weight is 307 g/mol. The number of unbranched alkanes of at least 4 members (excludes halogenated alkanes) is 1. The van der Waals surface area contributed by atoms with Crippen LogP contribution in [0.1, 0.15) is 64.6 Å². The molecule has 0 radical (unpaired) electrons. The van der Waals surface area contributed by atoms with E-state index in [1.807, 2.05) is 25.1 Å². The maximum atomic E-state index is 12.7. The zero-order valence-electron chi connectivity index (χ0n) is 13.6. The fourth-order valence-electron chi connectivity index (χ4n) is 3.24. The Morgan fingerprint density at radius 1 is 0.913 bits per heavy atom. The molecule has 0 saturated heterocycles. The van der Waals surface area contributed by atoms with E-state index >= 15 is 0 Å². The number of fused-ring (bicyclic) bond motifs is 1. The molecule has 0 spiro atoms. The van der Waals surface area contributed by atoms with Crippen LogP contribution in [0.4, 0.5) is 0 Å². The summed E-state index contributed by atoms with van der Waals surface area (Å²) in [4.78, 5) is 26.7. The van der Waals surface area contributed by atoms with Gasteiger partial charge in [-0.3, -0.25) is 14.5 Å². The van der Waals surface area contributed by atoms with Crippen molar-refractivity contribution < 1.29 is 9.59 Å². The highest BCUT2D eigenvalue weighted by atomic mass is 16.2. The number of nitrogens with zero attached hydrogens (tertiary/aromatic N) is 1. The van der Waals surface area contributed by atoms with E-state index in [1.165, 1.54) is 10.5 Å². The Balaban J connectivity index is 1.95. The monoisotopic (exact) mass is 307 g/mol. The molecule has 0 N–H and O–H groups in total. The van der Waals surface area contributed by atoms with Crippen molar-refractivity contribution in [2.75, 3.05) is 0 Å². The molecule has 3 nitrogen and oxygen atoms in total. The van der Waals surface area contributed by atoms with Crippen LogP contribution in [0, 0.1) is 0 Å². The minimum Gasteiger partial charge on any atom is -0.269 e. The maximum Gasteiger partial charge on any atom is 0.262 e. The molecule has 3 rings (SSSR count). The zero-order valence-corrected chi connectivity index (χ0v) is 13.6. The van der Waals surface area contributed by atoms with Crippen LogP contribution in [0.15, 0.2) is 48.5 Å². The second kappa shape index (κ2) is 6.37. The van der Waals surface area contributed by atoms with E-state index in [4.69, 9.17) is 0 Å². The van der Waals surface area contributed by atoms with Crippen LogP contribution in [-0.2, 0) is 6.42 Å². The number of hydrogen-bond donors (Lipinski definition) is 0. The maximum absolute atomic E-state index is 12.7. The summed E-state index contributed by atoms with van der Waals surface area (Å²) in [6, 6.07) is 14.9. The second-order valence-corrected chi connectivity index (χ2v) is 6.00. The molecule has 118 valence electrons. The van der Waals surface area contributed by atoms with Crippen LogP contribution in [0.5, 0.6) is 0 Å². The first kappa shape index (κ1) is 15.5. The van der Waals surface area contributed by atoms with E-state index in [9.17, 15) is 9.59 Å². The first-order valence-corrected chi connectivity index (χ1v) is 8.20. The summed E-state index contributed by atoms with van der Waals surface area (Å²) >= 11 is 0. The quantitative estimate of drug-likeness (QED) is 0.768. The average Bonchev–Trinajstić information content (AvgIpc) is 2.84. The smallest absolute Gasteiger partial charge is 0.262 e. The lowest BCUT2D eigenvalue weighted by molar-refractivity contribution is 0.0595. The second-order valence-electron chi connectivity index (χ2n) is 6.00. The third kappa shape index (κ3) is 2.67. The van der Waals surface area contributed by atoms with E-state index in [0.717, 1.165) is 24.8 Å². The van der Waals surface area contributed by atoms with Gasteiger partial charge in [0.2, 0.25) is 0 Å². The van der Waals surface area contributed by atoms with Crippen molar-refractivity contribution in [3.05, 3.63) is 70.8 Å². The molecule has 0 bridgehead atoms. The molecular formula is C20H21NO2. The number of aryl methyl sites for hydroxylation is 1. The van der Waals surface area contributed by atoms with Gasteiger partial charge in [0, 0.05) is 0 Å². The molecule has 2 amide bonds. The summed E-state index contributed by atoms with van der Waals surface area (Å²) in [5.74, 6) is -0.383. The molecule has 0 unspecified atom stereocenters. The van der Waals surface area contributed by atoms with Crippen LogP contribution in [-0.4, -0.2) is 16.7 Å². The molecule has 2 aromatic rings. The molecule has 2 aromatic carbocycles. The largest absolute Gasteiger partial charge is 0.269 e. The Kier molecular flexibility index (Phi) is 4.28. The Hall–Kier alpha value is -2.42. The summed E-state index contributed by atoms with van der Waals surface area (Å²) in [6.45, 7) is 4.10. The van der Waals surface area contributed by atoms with Crippen LogP contribution in [0.25, 0.3) is 0 Å². The van der Waals surface area contributed by atoms with E-state index in [2.05, 4.69) is 13.0 Å². The molecule has 0 aliphatic carbocycles. The molecule has 1 heterocycles. The normalized spacial score (nSPS) is 15.0. The summed E-state index contributed by atoms with van der Waals surface area (Å²) in [6.07, 6.45) is 3.20. The van der Waals surface area contributed by atoms with Gasteiger partial charge < -0.3 is 0 Å². The summed E-state index contributed by atoms with van der Waals surface area (Å²) in [5.41, 5.74) is 3.31. The van der Waals surface area contributed by atoms with E-state index < -0.39 is 0 Å². The minimum atomic E-state index is -0.254. The van der Waals surface area contributed by atoms with Crippen LogP contribution in [0.2, 0.25) is 0 Å². The topological polar surface area (TPSA) is 37.4 Å². The van der Waals surface area contributed by atoms with Gasteiger partial charge in [0.05, 0.1) is 17.2 Å². The van der Waals surface area contributed by atoms with Crippen molar-refractivity contribution >= 4 is 11.8 Å². The Labute approximate surface area is 136 Å². The number of hydrogen-bond acceptors (Lipinski definition) is 2. The van der Waals surface area contributed by atoms with Crippen LogP contribution >= 0.6 is 0 Å². The summed E-state index contributed by atoms with van der Waals surface area (Å²) < 4.78 is 0. The third-order valence-electron chi connectivity index (χ3n) is 4.52. The van der Waals surface area contributed by atoms with Crippen LogP contribution in [0.3, 0.4) is 0 Å². The van der Waals surface area contributed by atoms with E-state index in [0.29, 0.717) is 11.1 Å². The van der Waals surface area contributed by atoms with Gasteiger partial charge in [-0.25, -0.2) is 0 Å². The lowest BCUT2D eigenvalue weighted by Gasteiger charge is -2.25. The van der Waals surface area contributed by atoms with Crippen LogP contribution < -0.4 is 0 Å². The molecule has 0 saturated carbocycles. The molecule has 0 aromatic heterocycles. The minimum absolute atomic E-state index is 0.191. The molecule has 1 atom stereocenters. The van der Waals surface area contributed by atoms with Gasteiger partial charge in [-0.1, -0.05) is 49.7 Å². The van der Waals surface area contributed by atoms with Gasteiger partial charge in [0.25, 0.3) is 11.8 Å². The molecule has 3 heteroatoms. The highest BCUT2D eigenvalue weighted by Gasteiger charge is 2.38. The number of rotatable bonds is 5. The Morgan fingerprint density at radius 3 is 2.09 bits per heavy atom. The van der Waals surface area contributed by atoms with Crippen molar-refractivity contribution in [3.8, 4) is 0 Å². The van der Waals surface area contributed by atoms with Gasteiger partial charge >= 0.3 is 0 Å². The van der Waals surface area contributed by atoms with Gasteiger partial charge in [-0.15, -0.1) is 0 Å². The fraction of sp³-hybridized carbons (Fsp3) is 0.300. The first-order valence-electron chi connectivity index (χ1n) is 8.20. The van der Waals surface area contributed by atoms with Crippen molar-refractivity contribution in [2.45, 2.75) is 39.2 Å². The number of carbonyl (C=O) groups excluding carboxylic acids is 2. The predicted molar refractivity (Wildman–Crippen MR) is 90.4 cm³/mol. The predicted octanol–water partition coefficient (Wildman–Crippen LogP) is 4.39. The van der Waals surface area contributed by atoms with Gasteiger partial charge in [-0.05, 0) is 43.0 Å². The van der Waals surface area contributed by atoms with Crippen molar-refractivity contribution in [1.29, 1.82) is 0 Å². The SMILES string of the molecule is CCCCc1ccccc1[C@@H](C)N1C(=O)c2ccccc2C1=O. The number of imide groups is 1. The summed E-state index contributed by atoms with van der Waals surface area (Å²) in [5, 5.41) is 0. The molecule has 1 aliphatic rings. The Bertz CT molecular complexity index is 716. The zero-order chi connectivity index (χ0) is 16.4. The molecule has 1 aliphatic heterocycles. The number of carbonyl (C=O) groups is 2. The van der Waals surface area contributed by atoms with Crippen molar-refractivity contribution in [1.82, 2.24) is 4.90 Å². The number of benzene rings is 2. The van der Waals surface area contributed by atoms with Gasteiger partial charge in [0.15, 0.2) is 0 Å². The molecule has 0 fully saturated rings. The summed E-state index contributed by atoms with van der Waals surface area (Å²) in [7, 11) is 0. The van der Waals surface area contributed by atoms with Gasteiger partial charge in [-0.2, -0.15) is 0 Å². The van der Waals surface area contributed by atoms with E-state index in [1.54, 1.807) is 24.3 Å². The molecule has 23 heavy (non-hydrogen) atoms. The lowest BCUT2D eigenvalue weighted by Crippen LogP contribution is -2.33. The van der Waals surface area contributed by atoms with Crippen molar-refractivity contribution in [2.24, 2.45) is 0 Å². The highest BCUT2D eigenvalue weighted by molar-refractivity contribution is 6.21. The first-order chi connectivity index (χ1) is 11.1. The Morgan fingerprint density at radius 2 is 1.48 bits per heavy atom. The lowest BCUT2D eigenvalue weighted by atomic mass is 9.96. The standard InChI is InChI=1S/C20H21NO2/c1-3-4-9-15-10-5-6-11-16(15)14(2)21-19(22)17-12-7-8-13-18(17)20(21)23/h5-8,10-14H,3-4,9H2,1-2H3/t14-/m1/s1. The molecular weight excluding hydrogens is 286 g/mol. The van der Waals surface area contributed by atoms with Crippen molar-refractivity contribution in [3.63, 3.8) is 0 Å². The highest BCUT2D eigenvalue weighted by Crippen LogP contribution is 2.32. The number of amides is 2. The third-order valence-corrected chi connectivity index (χ3v) is 4.52.